The number of hydrogen-bond donors (Lipinski definition) is 0. The molecule has 1 aliphatic rings. The molecular weight excluding hydrogens is 308 g/mol. The summed E-state index contributed by atoms with van der Waals surface area (Å²) in [6.07, 6.45) is 4.31. The van der Waals surface area contributed by atoms with Crippen LogP contribution in [-0.4, -0.2) is 16.4 Å². The second kappa shape index (κ2) is 6.30. The zero-order valence-corrected chi connectivity index (χ0v) is 15.3. The minimum atomic E-state index is 0.00525. The number of oxazole rings is 1. The van der Waals surface area contributed by atoms with Gasteiger partial charge in [-0.1, -0.05) is 63.2 Å². The Morgan fingerprint density at radius 1 is 1.12 bits per heavy atom. The molecule has 3 nitrogen and oxygen atoms in total. The second-order valence-electron chi connectivity index (χ2n) is 8.07. The van der Waals surface area contributed by atoms with E-state index in [0.29, 0.717) is 6.04 Å². The predicted octanol–water partition coefficient (Wildman–Crippen LogP) is 5.46. The number of benzene rings is 2. The van der Waals surface area contributed by atoms with Gasteiger partial charge in [-0.15, -0.1) is 0 Å². The van der Waals surface area contributed by atoms with Crippen LogP contribution < -0.4 is 0 Å². The van der Waals surface area contributed by atoms with Gasteiger partial charge >= 0.3 is 0 Å². The lowest BCUT2D eigenvalue weighted by Gasteiger charge is -2.24. The summed E-state index contributed by atoms with van der Waals surface area (Å²) < 4.78 is 6.03. The highest BCUT2D eigenvalue weighted by Crippen LogP contribution is 2.37. The Bertz CT molecular complexity index is 870. The molecule has 0 amide bonds. The fourth-order valence-corrected chi connectivity index (χ4v) is 3.81. The highest BCUT2D eigenvalue weighted by Gasteiger charge is 2.29. The SMILES string of the molecule is CC(C)(C)c1cnc(CN2CCC[C@H]2c2cccc3ccccc23)o1. The third-order valence-electron chi connectivity index (χ3n) is 5.18. The maximum Gasteiger partial charge on any atom is 0.208 e. The van der Waals surface area contributed by atoms with Gasteiger partial charge in [0.25, 0.3) is 0 Å². The number of hydrogen-bond acceptors (Lipinski definition) is 3. The van der Waals surface area contributed by atoms with Crippen molar-refractivity contribution >= 4 is 10.8 Å². The van der Waals surface area contributed by atoms with Crippen LogP contribution in [0.15, 0.2) is 53.1 Å². The third-order valence-corrected chi connectivity index (χ3v) is 5.18. The van der Waals surface area contributed by atoms with Gasteiger partial charge in [-0.05, 0) is 35.7 Å². The number of rotatable bonds is 3. The van der Waals surface area contributed by atoms with Crippen molar-refractivity contribution in [2.45, 2.75) is 51.6 Å². The van der Waals surface area contributed by atoms with Crippen LogP contribution in [0.3, 0.4) is 0 Å². The van der Waals surface area contributed by atoms with Gasteiger partial charge in [0.2, 0.25) is 5.89 Å². The Morgan fingerprint density at radius 2 is 1.92 bits per heavy atom. The average Bonchev–Trinajstić information content (AvgIpc) is 3.24. The molecule has 1 saturated heterocycles. The first-order valence-electron chi connectivity index (χ1n) is 9.19. The van der Waals surface area contributed by atoms with Crippen LogP contribution in [0, 0.1) is 0 Å². The van der Waals surface area contributed by atoms with Crippen molar-refractivity contribution in [2.75, 3.05) is 6.54 Å². The first kappa shape index (κ1) is 16.3. The Balaban J connectivity index is 1.61. The smallest absolute Gasteiger partial charge is 0.208 e. The molecule has 0 unspecified atom stereocenters. The summed E-state index contributed by atoms with van der Waals surface area (Å²) in [5, 5.41) is 2.68. The summed E-state index contributed by atoms with van der Waals surface area (Å²) in [4.78, 5) is 7.04. The van der Waals surface area contributed by atoms with E-state index in [4.69, 9.17) is 4.42 Å². The van der Waals surface area contributed by atoms with E-state index in [-0.39, 0.29) is 5.41 Å². The molecule has 0 bridgehead atoms. The maximum atomic E-state index is 6.03. The molecule has 1 fully saturated rings. The van der Waals surface area contributed by atoms with E-state index < -0.39 is 0 Å². The van der Waals surface area contributed by atoms with Crippen LogP contribution in [0.5, 0.6) is 0 Å². The van der Waals surface area contributed by atoms with Gasteiger partial charge in [0, 0.05) is 11.5 Å². The zero-order valence-electron chi connectivity index (χ0n) is 15.3. The van der Waals surface area contributed by atoms with Gasteiger partial charge in [-0.3, -0.25) is 4.90 Å². The molecule has 1 aliphatic heterocycles. The molecule has 1 atom stereocenters. The quantitative estimate of drug-likeness (QED) is 0.636. The van der Waals surface area contributed by atoms with Gasteiger partial charge in [0.15, 0.2) is 0 Å². The van der Waals surface area contributed by atoms with Crippen molar-refractivity contribution in [2.24, 2.45) is 0 Å². The summed E-state index contributed by atoms with van der Waals surface area (Å²) >= 11 is 0. The molecule has 2 aromatic carbocycles. The van der Waals surface area contributed by atoms with Crippen molar-refractivity contribution in [1.29, 1.82) is 0 Å². The normalized spacial score (nSPS) is 18.9. The lowest BCUT2D eigenvalue weighted by molar-refractivity contribution is 0.219. The molecule has 0 spiro atoms. The maximum absolute atomic E-state index is 6.03. The lowest BCUT2D eigenvalue weighted by Crippen LogP contribution is -2.23. The molecule has 130 valence electrons. The summed E-state index contributed by atoms with van der Waals surface area (Å²) in [7, 11) is 0. The van der Waals surface area contributed by atoms with E-state index in [1.165, 1.54) is 29.2 Å². The fourth-order valence-electron chi connectivity index (χ4n) is 3.81. The standard InChI is InChI=1S/C22H26N2O/c1-22(2,3)20-14-23-21(25-20)15-24-13-7-12-19(24)18-11-6-9-16-8-4-5-10-17(16)18/h4-6,8-11,14,19H,7,12-13,15H2,1-3H3/t19-/m0/s1. The number of nitrogens with zero attached hydrogens (tertiary/aromatic N) is 2. The Kier molecular flexibility index (Phi) is 4.12. The Morgan fingerprint density at radius 3 is 2.72 bits per heavy atom. The fraction of sp³-hybridized carbons (Fsp3) is 0.409. The summed E-state index contributed by atoms with van der Waals surface area (Å²) in [6, 6.07) is 15.8. The monoisotopic (exact) mass is 334 g/mol. The minimum Gasteiger partial charge on any atom is -0.444 e. The van der Waals surface area contributed by atoms with Crippen molar-refractivity contribution in [3.8, 4) is 0 Å². The van der Waals surface area contributed by atoms with Crippen LogP contribution in [-0.2, 0) is 12.0 Å². The average molecular weight is 334 g/mol. The summed E-state index contributed by atoms with van der Waals surface area (Å²) in [6.45, 7) is 8.36. The van der Waals surface area contributed by atoms with E-state index in [9.17, 15) is 0 Å². The lowest BCUT2D eigenvalue weighted by atomic mass is 9.94. The Hall–Kier alpha value is -2.13. The Labute approximate surface area is 149 Å². The van der Waals surface area contributed by atoms with Crippen molar-refractivity contribution in [3.05, 3.63) is 65.9 Å². The van der Waals surface area contributed by atoms with Gasteiger partial charge in [-0.25, -0.2) is 4.98 Å². The summed E-state index contributed by atoms with van der Waals surface area (Å²) in [5.74, 6) is 1.79. The first-order valence-corrected chi connectivity index (χ1v) is 9.19. The molecule has 0 N–H and O–H groups in total. The number of likely N-dealkylation sites (tertiary alicyclic amines) is 1. The van der Waals surface area contributed by atoms with Gasteiger partial charge in [0.05, 0.1) is 12.7 Å². The number of fused-ring (bicyclic) bond motifs is 1. The molecule has 0 aliphatic carbocycles. The van der Waals surface area contributed by atoms with Crippen LogP contribution in [0.1, 0.15) is 56.9 Å². The number of aromatic nitrogens is 1. The molecular formula is C22H26N2O. The topological polar surface area (TPSA) is 29.3 Å². The summed E-state index contributed by atoms with van der Waals surface area (Å²) in [5.41, 5.74) is 1.43. The van der Waals surface area contributed by atoms with Gasteiger partial charge < -0.3 is 4.42 Å². The molecule has 2 heterocycles. The van der Waals surface area contributed by atoms with Crippen molar-refractivity contribution in [3.63, 3.8) is 0 Å². The van der Waals surface area contributed by atoms with E-state index >= 15 is 0 Å². The van der Waals surface area contributed by atoms with E-state index in [0.717, 1.165) is 24.7 Å². The van der Waals surface area contributed by atoms with E-state index in [2.05, 4.69) is 73.1 Å². The third kappa shape index (κ3) is 3.21. The van der Waals surface area contributed by atoms with Crippen LogP contribution in [0.4, 0.5) is 0 Å². The molecule has 1 aromatic heterocycles. The highest BCUT2D eigenvalue weighted by atomic mass is 16.4. The van der Waals surface area contributed by atoms with E-state index in [1.54, 1.807) is 0 Å². The molecule has 3 aromatic rings. The molecule has 3 heteroatoms. The van der Waals surface area contributed by atoms with Gasteiger partial charge in [0.1, 0.15) is 5.76 Å². The largest absolute Gasteiger partial charge is 0.444 e. The molecule has 25 heavy (non-hydrogen) atoms. The van der Waals surface area contributed by atoms with Crippen molar-refractivity contribution in [1.82, 2.24) is 9.88 Å². The van der Waals surface area contributed by atoms with Gasteiger partial charge in [-0.2, -0.15) is 0 Å². The highest BCUT2D eigenvalue weighted by molar-refractivity contribution is 5.86. The van der Waals surface area contributed by atoms with Crippen molar-refractivity contribution < 1.29 is 4.42 Å². The molecule has 4 rings (SSSR count). The molecule has 0 saturated carbocycles. The minimum absolute atomic E-state index is 0.00525. The zero-order chi connectivity index (χ0) is 17.4. The van der Waals surface area contributed by atoms with Crippen LogP contribution in [0.2, 0.25) is 0 Å². The first-order chi connectivity index (χ1) is 12.0. The van der Waals surface area contributed by atoms with E-state index in [1.807, 2.05) is 6.20 Å². The van der Waals surface area contributed by atoms with Crippen LogP contribution in [0.25, 0.3) is 10.8 Å². The molecule has 0 radical (unpaired) electrons. The second-order valence-corrected chi connectivity index (χ2v) is 8.07. The van der Waals surface area contributed by atoms with Crippen LogP contribution >= 0.6 is 0 Å². The predicted molar refractivity (Wildman–Crippen MR) is 102 cm³/mol.